The number of piperidine rings is 1. The zero-order valence-electron chi connectivity index (χ0n) is 11.5. The molecule has 1 unspecified atom stereocenters. The lowest BCUT2D eigenvalue weighted by atomic mass is 9.82. The number of hydrogen-bond acceptors (Lipinski definition) is 3. The summed E-state index contributed by atoms with van der Waals surface area (Å²) < 4.78 is 0. The molecule has 0 aromatic carbocycles. The highest BCUT2D eigenvalue weighted by atomic mass is 35.5. The fourth-order valence-electron chi connectivity index (χ4n) is 3.35. The zero-order chi connectivity index (χ0) is 12.6. The van der Waals surface area contributed by atoms with Crippen molar-refractivity contribution in [1.29, 1.82) is 0 Å². The maximum atomic E-state index is 12.5. The summed E-state index contributed by atoms with van der Waals surface area (Å²) in [7, 11) is 1.96. The van der Waals surface area contributed by atoms with E-state index in [0.29, 0.717) is 0 Å². The predicted octanol–water partition coefficient (Wildman–Crippen LogP) is 1.99. The SMILES string of the molecule is CN1C(=O)C(c2cccnc2)CC12CCNCC2.Cl.Cl. The molecule has 0 aliphatic carbocycles. The van der Waals surface area contributed by atoms with Crippen molar-refractivity contribution in [2.75, 3.05) is 20.1 Å². The van der Waals surface area contributed by atoms with Gasteiger partial charge in [-0.3, -0.25) is 9.78 Å². The smallest absolute Gasteiger partial charge is 0.230 e. The van der Waals surface area contributed by atoms with Crippen molar-refractivity contribution in [1.82, 2.24) is 15.2 Å². The van der Waals surface area contributed by atoms with E-state index in [4.69, 9.17) is 0 Å². The van der Waals surface area contributed by atoms with Crippen molar-refractivity contribution in [3.05, 3.63) is 30.1 Å². The molecule has 2 aliphatic heterocycles. The van der Waals surface area contributed by atoms with Crippen molar-refractivity contribution in [3.8, 4) is 0 Å². The molecule has 1 N–H and O–H groups in total. The van der Waals surface area contributed by atoms with E-state index in [0.717, 1.165) is 37.9 Å². The molecule has 2 fully saturated rings. The molecular formula is C14H21Cl2N3O. The number of nitrogens with zero attached hydrogens (tertiary/aromatic N) is 2. The van der Waals surface area contributed by atoms with Gasteiger partial charge in [-0.25, -0.2) is 0 Å². The number of rotatable bonds is 1. The predicted molar refractivity (Wildman–Crippen MR) is 83.7 cm³/mol. The van der Waals surface area contributed by atoms with Crippen LogP contribution in [0.4, 0.5) is 0 Å². The van der Waals surface area contributed by atoms with Crippen LogP contribution in [0.1, 0.15) is 30.7 Å². The number of halogens is 2. The second-order valence-electron chi connectivity index (χ2n) is 5.41. The van der Waals surface area contributed by atoms with Crippen LogP contribution in [0.2, 0.25) is 0 Å². The molecule has 2 saturated heterocycles. The van der Waals surface area contributed by atoms with Crippen LogP contribution in [0.5, 0.6) is 0 Å². The Kier molecular flexibility index (Phi) is 5.80. The van der Waals surface area contributed by atoms with Crippen molar-refractivity contribution in [2.24, 2.45) is 0 Å². The van der Waals surface area contributed by atoms with Gasteiger partial charge in [0.25, 0.3) is 0 Å². The van der Waals surface area contributed by atoms with E-state index < -0.39 is 0 Å². The van der Waals surface area contributed by atoms with E-state index in [9.17, 15) is 4.79 Å². The first-order valence-electron chi connectivity index (χ1n) is 6.61. The van der Waals surface area contributed by atoms with E-state index in [-0.39, 0.29) is 42.2 Å². The first-order valence-corrected chi connectivity index (χ1v) is 6.61. The minimum absolute atomic E-state index is 0. The van der Waals surface area contributed by atoms with Gasteiger partial charge < -0.3 is 10.2 Å². The minimum atomic E-state index is 0. The van der Waals surface area contributed by atoms with Gasteiger partial charge in [0.05, 0.1) is 5.92 Å². The van der Waals surface area contributed by atoms with Crippen LogP contribution in [0.25, 0.3) is 0 Å². The van der Waals surface area contributed by atoms with E-state index in [1.807, 2.05) is 30.3 Å². The second-order valence-corrected chi connectivity index (χ2v) is 5.41. The van der Waals surface area contributed by atoms with Crippen LogP contribution in [0.3, 0.4) is 0 Å². The fourth-order valence-corrected chi connectivity index (χ4v) is 3.35. The average molecular weight is 318 g/mol. The molecule has 1 spiro atoms. The molecule has 4 nitrogen and oxygen atoms in total. The van der Waals surface area contributed by atoms with E-state index in [1.165, 1.54) is 0 Å². The Bertz CT molecular complexity index is 449. The van der Waals surface area contributed by atoms with Crippen LogP contribution < -0.4 is 5.32 Å². The van der Waals surface area contributed by atoms with E-state index >= 15 is 0 Å². The fraction of sp³-hybridized carbons (Fsp3) is 0.571. The number of pyridine rings is 1. The second kappa shape index (κ2) is 6.74. The first-order chi connectivity index (χ1) is 8.73. The quantitative estimate of drug-likeness (QED) is 0.861. The van der Waals surface area contributed by atoms with Gasteiger partial charge >= 0.3 is 0 Å². The van der Waals surface area contributed by atoms with Gasteiger partial charge in [0.1, 0.15) is 0 Å². The van der Waals surface area contributed by atoms with Gasteiger partial charge in [-0.2, -0.15) is 0 Å². The van der Waals surface area contributed by atoms with Gasteiger partial charge in [0, 0.05) is 25.0 Å². The third-order valence-electron chi connectivity index (χ3n) is 4.55. The number of carbonyl (C=O) groups is 1. The summed E-state index contributed by atoms with van der Waals surface area (Å²) in [6, 6.07) is 3.93. The third-order valence-corrected chi connectivity index (χ3v) is 4.55. The van der Waals surface area contributed by atoms with Crippen LogP contribution in [0, 0.1) is 0 Å². The molecule has 1 atom stereocenters. The Labute approximate surface area is 132 Å². The molecular weight excluding hydrogens is 297 g/mol. The Morgan fingerprint density at radius 2 is 2.05 bits per heavy atom. The number of likely N-dealkylation sites (N-methyl/N-ethyl adjacent to an activating group) is 1. The molecule has 1 amide bonds. The van der Waals surface area contributed by atoms with Crippen LogP contribution in [-0.4, -0.2) is 41.5 Å². The average Bonchev–Trinajstić information content (AvgIpc) is 2.67. The third kappa shape index (κ3) is 2.78. The summed E-state index contributed by atoms with van der Waals surface area (Å²) in [5, 5.41) is 3.38. The van der Waals surface area contributed by atoms with Crippen LogP contribution >= 0.6 is 24.8 Å². The summed E-state index contributed by atoms with van der Waals surface area (Å²) in [6.07, 6.45) is 6.65. The van der Waals surface area contributed by atoms with E-state index in [2.05, 4.69) is 10.3 Å². The monoisotopic (exact) mass is 317 g/mol. The molecule has 1 aromatic rings. The van der Waals surface area contributed by atoms with Gasteiger partial charge in [-0.1, -0.05) is 6.07 Å². The van der Waals surface area contributed by atoms with Gasteiger partial charge in [-0.15, -0.1) is 24.8 Å². The van der Waals surface area contributed by atoms with Crippen molar-refractivity contribution >= 4 is 30.7 Å². The molecule has 1 aromatic heterocycles. The maximum Gasteiger partial charge on any atom is 0.230 e. The Morgan fingerprint density at radius 1 is 1.35 bits per heavy atom. The lowest BCUT2D eigenvalue weighted by Crippen LogP contribution is -2.50. The van der Waals surface area contributed by atoms with E-state index in [1.54, 1.807) is 6.20 Å². The number of likely N-dealkylation sites (tertiary alicyclic amines) is 1. The summed E-state index contributed by atoms with van der Waals surface area (Å²) in [6.45, 7) is 2.02. The number of hydrogen-bond donors (Lipinski definition) is 1. The number of aromatic nitrogens is 1. The van der Waals surface area contributed by atoms with Crippen molar-refractivity contribution < 1.29 is 4.79 Å². The van der Waals surface area contributed by atoms with Gasteiger partial charge in [-0.05, 0) is 44.0 Å². The molecule has 6 heteroatoms. The lowest BCUT2D eigenvalue weighted by molar-refractivity contribution is -0.131. The van der Waals surface area contributed by atoms with Gasteiger partial charge in [0.2, 0.25) is 5.91 Å². The molecule has 3 heterocycles. The Balaban J connectivity index is 0.000001000. The zero-order valence-corrected chi connectivity index (χ0v) is 13.2. The van der Waals surface area contributed by atoms with Crippen LogP contribution in [-0.2, 0) is 4.79 Å². The Morgan fingerprint density at radius 3 is 2.65 bits per heavy atom. The summed E-state index contributed by atoms with van der Waals surface area (Å²) in [5.41, 5.74) is 1.13. The largest absolute Gasteiger partial charge is 0.339 e. The normalized spacial score (nSPS) is 24.1. The molecule has 112 valence electrons. The minimum Gasteiger partial charge on any atom is -0.339 e. The number of nitrogens with one attached hydrogen (secondary N) is 1. The highest BCUT2D eigenvalue weighted by molar-refractivity contribution is 5.87. The van der Waals surface area contributed by atoms with Crippen molar-refractivity contribution in [2.45, 2.75) is 30.7 Å². The standard InChI is InChI=1S/C14H19N3O.2ClH/c1-17-13(18)12(11-3-2-6-16-10-11)9-14(17)4-7-15-8-5-14;;/h2-3,6,10,12,15H,4-5,7-9H2,1H3;2*1H. The molecule has 20 heavy (non-hydrogen) atoms. The maximum absolute atomic E-state index is 12.5. The molecule has 0 bridgehead atoms. The molecule has 3 rings (SSSR count). The van der Waals surface area contributed by atoms with Gasteiger partial charge in [0.15, 0.2) is 0 Å². The highest BCUT2D eigenvalue weighted by Crippen LogP contribution is 2.43. The number of amides is 1. The summed E-state index contributed by atoms with van der Waals surface area (Å²) >= 11 is 0. The highest BCUT2D eigenvalue weighted by Gasteiger charge is 2.49. The lowest BCUT2D eigenvalue weighted by Gasteiger charge is -2.39. The summed E-state index contributed by atoms with van der Waals surface area (Å²) in [5.74, 6) is 0.256. The molecule has 2 aliphatic rings. The Hall–Kier alpha value is -0.840. The molecule has 0 saturated carbocycles. The van der Waals surface area contributed by atoms with Crippen LogP contribution in [0.15, 0.2) is 24.5 Å². The number of carbonyl (C=O) groups excluding carboxylic acids is 1. The summed E-state index contributed by atoms with van der Waals surface area (Å²) in [4.78, 5) is 18.6. The molecule has 0 radical (unpaired) electrons. The first kappa shape index (κ1) is 17.2. The topological polar surface area (TPSA) is 45.2 Å². The van der Waals surface area contributed by atoms with Crippen molar-refractivity contribution in [3.63, 3.8) is 0 Å².